The van der Waals surface area contributed by atoms with Gasteiger partial charge in [0.1, 0.15) is 17.3 Å². The fraction of sp³-hybridized carbons (Fsp3) is 0.200. The summed E-state index contributed by atoms with van der Waals surface area (Å²) in [7, 11) is 0. The van der Waals surface area contributed by atoms with Crippen LogP contribution in [0.5, 0.6) is 11.5 Å². The molecule has 0 saturated heterocycles. The highest BCUT2D eigenvalue weighted by molar-refractivity contribution is 5.32. The van der Waals surface area contributed by atoms with Gasteiger partial charge in [0.15, 0.2) is 0 Å². The molecule has 2 aromatic rings. The molecular weight excluding hydrogens is 247 g/mol. The standard InChI is InChI=1S/C15H15FO3/c16-15-7-2-1-6-14(15)11(9-17)10-19-13-5-3-4-12(18)8-13/h1-8,11,17-18H,9-10H2. The number of aromatic hydroxyl groups is 1. The smallest absolute Gasteiger partial charge is 0.126 e. The predicted octanol–water partition coefficient (Wildman–Crippen LogP) is 2.69. The number of rotatable bonds is 5. The van der Waals surface area contributed by atoms with Gasteiger partial charge in [-0.05, 0) is 23.8 Å². The Bertz CT molecular complexity index is 542. The molecule has 0 heterocycles. The maximum Gasteiger partial charge on any atom is 0.126 e. The fourth-order valence-electron chi connectivity index (χ4n) is 1.82. The summed E-state index contributed by atoms with van der Waals surface area (Å²) in [4.78, 5) is 0. The molecule has 0 bridgehead atoms. The highest BCUT2D eigenvalue weighted by Gasteiger charge is 2.15. The van der Waals surface area contributed by atoms with Crippen molar-refractivity contribution in [3.05, 3.63) is 59.9 Å². The van der Waals surface area contributed by atoms with Gasteiger partial charge in [0.05, 0.1) is 13.2 Å². The van der Waals surface area contributed by atoms with Gasteiger partial charge in [0.2, 0.25) is 0 Å². The first kappa shape index (κ1) is 13.4. The Balaban J connectivity index is 2.06. The van der Waals surface area contributed by atoms with Crippen molar-refractivity contribution >= 4 is 0 Å². The van der Waals surface area contributed by atoms with Gasteiger partial charge in [-0.3, -0.25) is 0 Å². The molecule has 2 N–H and O–H groups in total. The molecule has 4 heteroatoms. The molecule has 1 unspecified atom stereocenters. The highest BCUT2D eigenvalue weighted by atomic mass is 19.1. The summed E-state index contributed by atoms with van der Waals surface area (Å²) >= 11 is 0. The third-order valence-electron chi connectivity index (χ3n) is 2.83. The lowest BCUT2D eigenvalue weighted by molar-refractivity contribution is 0.202. The molecule has 0 saturated carbocycles. The lowest BCUT2D eigenvalue weighted by atomic mass is 10.0. The van der Waals surface area contributed by atoms with Crippen molar-refractivity contribution in [2.45, 2.75) is 5.92 Å². The van der Waals surface area contributed by atoms with E-state index in [4.69, 9.17) is 4.74 Å². The van der Waals surface area contributed by atoms with Gasteiger partial charge in [-0.2, -0.15) is 0 Å². The number of benzene rings is 2. The van der Waals surface area contributed by atoms with Crippen molar-refractivity contribution < 1.29 is 19.3 Å². The zero-order chi connectivity index (χ0) is 13.7. The third kappa shape index (κ3) is 3.45. The minimum Gasteiger partial charge on any atom is -0.508 e. The Morgan fingerprint density at radius 3 is 2.58 bits per heavy atom. The van der Waals surface area contributed by atoms with Gasteiger partial charge >= 0.3 is 0 Å². The maximum absolute atomic E-state index is 13.6. The number of hydrogen-bond acceptors (Lipinski definition) is 3. The Kier molecular flexibility index (Phi) is 4.36. The van der Waals surface area contributed by atoms with Crippen LogP contribution in [0, 0.1) is 5.82 Å². The number of hydrogen-bond donors (Lipinski definition) is 2. The van der Waals surface area contributed by atoms with Crippen LogP contribution in [0.25, 0.3) is 0 Å². The summed E-state index contributed by atoms with van der Waals surface area (Å²) in [6.45, 7) is -0.0688. The van der Waals surface area contributed by atoms with Crippen molar-refractivity contribution in [1.29, 1.82) is 0 Å². The highest BCUT2D eigenvalue weighted by Crippen LogP contribution is 2.22. The second kappa shape index (κ2) is 6.20. The number of phenolic OH excluding ortho intramolecular Hbond substituents is 1. The molecule has 2 aromatic carbocycles. The van der Waals surface area contributed by atoms with E-state index in [1.165, 1.54) is 18.2 Å². The molecule has 0 radical (unpaired) electrons. The summed E-state index contributed by atoms with van der Waals surface area (Å²) in [5, 5.41) is 18.6. The fourth-order valence-corrected chi connectivity index (χ4v) is 1.82. The number of aliphatic hydroxyl groups is 1. The number of ether oxygens (including phenoxy) is 1. The Labute approximate surface area is 110 Å². The molecule has 3 nitrogen and oxygen atoms in total. The monoisotopic (exact) mass is 262 g/mol. The van der Waals surface area contributed by atoms with Crippen LogP contribution >= 0.6 is 0 Å². The number of halogens is 1. The third-order valence-corrected chi connectivity index (χ3v) is 2.83. The number of phenols is 1. The zero-order valence-electron chi connectivity index (χ0n) is 10.3. The van der Waals surface area contributed by atoms with Gasteiger partial charge in [-0.15, -0.1) is 0 Å². The van der Waals surface area contributed by atoms with E-state index in [0.29, 0.717) is 11.3 Å². The van der Waals surface area contributed by atoms with Crippen molar-refractivity contribution in [2.24, 2.45) is 0 Å². The number of aliphatic hydroxyl groups excluding tert-OH is 1. The molecule has 19 heavy (non-hydrogen) atoms. The van der Waals surface area contributed by atoms with Crippen LogP contribution in [-0.2, 0) is 0 Å². The largest absolute Gasteiger partial charge is 0.508 e. The van der Waals surface area contributed by atoms with Crippen molar-refractivity contribution in [3.8, 4) is 11.5 Å². The Morgan fingerprint density at radius 1 is 1.11 bits per heavy atom. The van der Waals surface area contributed by atoms with E-state index in [2.05, 4.69) is 0 Å². The zero-order valence-corrected chi connectivity index (χ0v) is 10.3. The van der Waals surface area contributed by atoms with E-state index in [-0.39, 0.29) is 24.8 Å². The normalized spacial score (nSPS) is 12.1. The van der Waals surface area contributed by atoms with Crippen molar-refractivity contribution in [1.82, 2.24) is 0 Å². The molecule has 2 rings (SSSR count). The molecule has 0 spiro atoms. The summed E-state index contributed by atoms with van der Waals surface area (Å²) in [5.41, 5.74) is 0.421. The van der Waals surface area contributed by atoms with E-state index in [0.717, 1.165) is 0 Å². The van der Waals surface area contributed by atoms with Crippen LogP contribution in [0.2, 0.25) is 0 Å². The second-order valence-electron chi connectivity index (χ2n) is 4.21. The van der Waals surface area contributed by atoms with E-state index in [1.54, 1.807) is 30.3 Å². The summed E-state index contributed by atoms with van der Waals surface area (Å²) in [6.07, 6.45) is 0. The first-order valence-electron chi connectivity index (χ1n) is 5.98. The molecular formula is C15H15FO3. The Morgan fingerprint density at radius 2 is 1.89 bits per heavy atom. The van der Waals surface area contributed by atoms with E-state index >= 15 is 0 Å². The molecule has 0 aliphatic rings. The molecule has 0 fully saturated rings. The quantitative estimate of drug-likeness (QED) is 0.871. The van der Waals surface area contributed by atoms with Gasteiger partial charge in [-0.25, -0.2) is 4.39 Å². The van der Waals surface area contributed by atoms with Crippen LogP contribution in [-0.4, -0.2) is 23.4 Å². The van der Waals surface area contributed by atoms with E-state index in [9.17, 15) is 14.6 Å². The summed E-state index contributed by atoms with van der Waals surface area (Å²) in [5.74, 6) is -0.219. The molecule has 1 atom stereocenters. The second-order valence-corrected chi connectivity index (χ2v) is 4.21. The van der Waals surface area contributed by atoms with Crippen LogP contribution in [0.3, 0.4) is 0 Å². The van der Waals surface area contributed by atoms with Crippen LogP contribution in [0.4, 0.5) is 4.39 Å². The van der Waals surface area contributed by atoms with Gasteiger partial charge in [0.25, 0.3) is 0 Å². The van der Waals surface area contributed by atoms with Crippen LogP contribution in [0.15, 0.2) is 48.5 Å². The topological polar surface area (TPSA) is 49.7 Å². The summed E-state index contributed by atoms with van der Waals surface area (Å²) in [6, 6.07) is 12.6. The molecule has 0 aliphatic carbocycles. The van der Waals surface area contributed by atoms with Crippen LogP contribution in [0.1, 0.15) is 11.5 Å². The SMILES string of the molecule is OCC(COc1cccc(O)c1)c1ccccc1F. The molecule has 0 aliphatic heterocycles. The Hall–Kier alpha value is -2.07. The average Bonchev–Trinajstić information content (AvgIpc) is 2.41. The van der Waals surface area contributed by atoms with E-state index < -0.39 is 5.92 Å². The van der Waals surface area contributed by atoms with Crippen LogP contribution < -0.4 is 4.74 Å². The van der Waals surface area contributed by atoms with Gasteiger partial charge < -0.3 is 14.9 Å². The lowest BCUT2D eigenvalue weighted by Crippen LogP contribution is -2.15. The maximum atomic E-state index is 13.6. The van der Waals surface area contributed by atoms with Gasteiger partial charge in [-0.1, -0.05) is 24.3 Å². The first-order valence-corrected chi connectivity index (χ1v) is 5.98. The summed E-state index contributed by atoms with van der Waals surface area (Å²) < 4.78 is 19.1. The molecule has 100 valence electrons. The van der Waals surface area contributed by atoms with Crippen molar-refractivity contribution in [3.63, 3.8) is 0 Å². The lowest BCUT2D eigenvalue weighted by Gasteiger charge is -2.16. The minimum atomic E-state index is -0.441. The minimum absolute atomic E-state index is 0.101. The predicted molar refractivity (Wildman–Crippen MR) is 69.8 cm³/mol. The van der Waals surface area contributed by atoms with E-state index in [1.807, 2.05) is 0 Å². The molecule has 0 amide bonds. The van der Waals surface area contributed by atoms with Crippen molar-refractivity contribution in [2.75, 3.05) is 13.2 Å². The average molecular weight is 262 g/mol. The first-order chi connectivity index (χ1) is 9.20. The molecule has 0 aromatic heterocycles. The van der Waals surface area contributed by atoms with Gasteiger partial charge in [0, 0.05) is 12.0 Å².